The molecule has 21 heavy (non-hydrogen) atoms. The largest absolute Gasteiger partial charge is 0.477 e. The number of carbonyl (C=O) groups is 1. The number of rotatable bonds is 4. The van der Waals surface area contributed by atoms with Gasteiger partial charge in [0.05, 0.1) is 5.69 Å². The highest BCUT2D eigenvalue weighted by Gasteiger charge is 2.31. The Labute approximate surface area is 129 Å². The fourth-order valence-corrected chi connectivity index (χ4v) is 5.18. The molecule has 2 heterocycles. The molecular formula is C13H20N2O4S2. The Bertz CT molecular complexity index is 629. The van der Waals surface area contributed by atoms with Crippen molar-refractivity contribution >= 4 is 33.2 Å². The molecule has 1 aromatic rings. The number of thiophene rings is 1. The van der Waals surface area contributed by atoms with Crippen molar-refractivity contribution in [2.24, 2.45) is 11.8 Å². The van der Waals surface area contributed by atoms with E-state index < -0.39 is 16.2 Å². The molecule has 2 atom stereocenters. The summed E-state index contributed by atoms with van der Waals surface area (Å²) in [5, 5.41) is 10.8. The SMILES string of the molecule is Cc1csc(C(=O)O)c1NS(=O)(=O)N1CC(C)CC(C)C1. The summed E-state index contributed by atoms with van der Waals surface area (Å²) in [5.41, 5.74) is 0.803. The predicted octanol–water partition coefficient (Wildman–Crippen LogP) is 2.39. The van der Waals surface area contributed by atoms with Gasteiger partial charge in [-0.2, -0.15) is 12.7 Å². The van der Waals surface area contributed by atoms with Crippen LogP contribution in [0.25, 0.3) is 0 Å². The van der Waals surface area contributed by atoms with E-state index in [0.29, 0.717) is 30.5 Å². The van der Waals surface area contributed by atoms with Gasteiger partial charge in [-0.1, -0.05) is 13.8 Å². The molecule has 8 heteroatoms. The zero-order chi connectivity index (χ0) is 15.8. The lowest BCUT2D eigenvalue weighted by atomic mass is 9.94. The summed E-state index contributed by atoms with van der Waals surface area (Å²) in [6.07, 6.45) is 1.00. The van der Waals surface area contributed by atoms with E-state index in [2.05, 4.69) is 4.72 Å². The second-order valence-corrected chi connectivity index (χ2v) is 8.35. The number of aromatic carboxylic acids is 1. The third kappa shape index (κ3) is 3.56. The van der Waals surface area contributed by atoms with E-state index in [9.17, 15) is 13.2 Å². The quantitative estimate of drug-likeness (QED) is 0.886. The molecule has 1 aliphatic heterocycles. The number of carboxylic acid groups (broad SMARTS) is 1. The van der Waals surface area contributed by atoms with Crippen LogP contribution in [0.5, 0.6) is 0 Å². The van der Waals surface area contributed by atoms with Crippen LogP contribution < -0.4 is 4.72 Å². The number of anilines is 1. The first-order valence-corrected chi connectivity index (χ1v) is 9.12. The molecule has 2 rings (SSSR count). The molecule has 6 nitrogen and oxygen atoms in total. The van der Waals surface area contributed by atoms with Gasteiger partial charge in [0.2, 0.25) is 0 Å². The van der Waals surface area contributed by atoms with E-state index in [1.165, 1.54) is 4.31 Å². The molecule has 0 saturated carbocycles. The maximum atomic E-state index is 12.5. The minimum Gasteiger partial charge on any atom is -0.477 e. The average molecular weight is 332 g/mol. The Hall–Kier alpha value is -1.12. The van der Waals surface area contributed by atoms with Crippen molar-refractivity contribution in [1.82, 2.24) is 4.31 Å². The van der Waals surface area contributed by atoms with Crippen molar-refractivity contribution < 1.29 is 18.3 Å². The van der Waals surface area contributed by atoms with Gasteiger partial charge in [-0.15, -0.1) is 11.3 Å². The third-order valence-corrected chi connectivity index (χ3v) is 6.10. The van der Waals surface area contributed by atoms with E-state index in [0.717, 1.165) is 17.8 Å². The van der Waals surface area contributed by atoms with Crippen molar-refractivity contribution in [2.75, 3.05) is 17.8 Å². The predicted molar refractivity (Wildman–Crippen MR) is 83.1 cm³/mol. The third-order valence-electron chi connectivity index (χ3n) is 3.58. The van der Waals surface area contributed by atoms with Gasteiger partial charge in [0.1, 0.15) is 4.88 Å². The van der Waals surface area contributed by atoms with Crippen LogP contribution in [0.3, 0.4) is 0 Å². The molecule has 1 aliphatic rings. The number of hydrogen-bond acceptors (Lipinski definition) is 4. The molecule has 0 aromatic carbocycles. The van der Waals surface area contributed by atoms with Gasteiger partial charge in [0.15, 0.2) is 0 Å². The second kappa shape index (κ2) is 5.94. The zero-order valence-corrected chi connectivity index (χ0v) is 13.9. The van der Waals surface area contributed by atoms with Crippen LogP contribution in [-0.2, 0) is 10.2 Å². The first-order chi connectivity index (χ1) is 9.70. The molecule has 1 saturated heterocycles. The molecule has 0 aliphatic carbocycles. The minimum absolute atomic E-state index is 0.0224. The summed E-state index contributed by atoms with van der Waals surface area (Å²) in [5.74, 6) is -0.521. The Balaban J connectivity index is 2.26. The van der Waals surface area contributed by atoms with Crippen molar-refractivity contribution in [3.8, 4) is 0 Å². The van der Waals surface area contributed by atoms with E-state index >= 15 is 0 Å². The summed E-state index contributed by atoms with van der Waals surface area (Å²) >= 11 is 1.03. The van der Waals surface area contributed by atoms with Crippen LogP contribution in [0.15, 0.2) is 5.38 Å². The van der Waals surface area contributed by atoms with E-state index in [1.807, 2.05) is 13.8 Å². The molecule has 2 N–H and O–H groups in total. The highest BCUT2D eigenvalue weighted by Crippen LogP contribution is 2.30. The summed E-state index contributed by atoms with van der Waals surface area (Å²) in [7, 11) is -3.72. The molecule has 0 amide bonds. The summed E-state index contributed by atoms with van der Waals surface area (Å²) < 4.78 is 28.9. The number of aryl methyl sites for hydroxylation is 1. The van der Waals surface area contributed by atoms with E-state index in [1.54, 1.807) is 12.3 Å². The van der Waals surface area contributed by atoms with Crippen LogP contribution in [0.2, 0.25) is 0 Å². The molecule has 2 unspecified atom stereocenters. The smallest absolute Gasteiger partial charge is 0.348 e. The Kier molecular flexibility index (Phi) is 4.60. The lowest BCUT2D eigenvalue weighted by Crippen LogP contribution is -2.45. The standard InChI is InChI=1S/C13H20N2O4S2/c1-8-4-9(2)6-15(5-8)21(18,19)14-11-10(3)7-20-12(11)13(16)17/h7-9,14H,4-6H2,1-3H3,(H,16,17). The molecule has 0 radical (unpaired) electrons. The van der Waals surface area contributed by atoms with Crippen molar-refractivity contribution in [3.63, 3.8) is 0 Å². The first kappa shape index (κ1) is 16.3. The van der Waals surface area contributed by atoms with Crippen LogP contribution in [0.1, 0.15) is 35.5 Å². The van der Waals surface area contributed by atoms with Gasteiger partial charge in [-0.05, 0) is 36.1 Å². The molecule has 1 fully saturated rings. The number of nitrogens with one attached hydrogen (secondary N) is 1. The van der Waals surface area contributed by atoms with E-state index in [4.69, 9.17) is 5.11 Å². The van der Waals surface area contributed by atoms with Crippen LogP contribution >= 0.6 is 11.3 Å². The number of nitrogens with zero attached hydrogens (tertiary/aromatic N) is 1. The van der Waals surface area contributed by atoms with Gasteiger partial charge >= 0.3 is 16.2 Å². The molecule has 1 aromatic heterocycles. The van der Waals surface area contributed by atoms with Crippen molar-refractivity contribution in [3.05, 3.63) is 15.8 Å². The lowest BCUT2D eigenvalue weighted by molar-refractivity contribution is 0.0703. The van der Waals surface area contributed by atoms with Crippen LogP contribution in [0, 0.1) is 18.8 Å². The van der Waals surface area contributed by atoms with Gasteiger partial charge in [0, 0.05) is 13.1 Å². The van der Waals surface area contributed by atoms with Gasteiger partial charge in [-0.3, -0.25) is 4.72 Å². The van der Waals surface area contributed by atoms with Crippen molar-refractivity contribution in [2.45, 2.75) is 27.2 Å². The van der Waals surface area contributed by atoms with Gasteiger partial charge < -0.3 is 5.11 Å². The highest BCUT2D eigenvalue weighted by molar-refractivity contribution is 7.90. The molecule has 0 bridgehead atoms. The first-order valence-electron chi connectivity index (χ1n) is 6.80. The fourth-order valence-electron chi connectivity index (χ4n) is 2.72. The fraction of sp³-hybridized carbons (Fsp3) is 0.615. The summed E-state index contributed by atoms with van der Waals surface area (Å²) in [6.45, 7) is 6.67. The molecular weight excluding hydrogens is 312 g/mol. The maximum absolute atomic E-state index is 12.5. The van der Waals surface area contributed by atoms with Crippen molar-refractivity contribution in [1.29, 1.82) is 0 Å². The maximum Gasteiger partial charge on any atom is 0.348 e. The molecule has 118 valence electrons. The number of hydrogen-bond donors (Lipinski definition) is 2. The van der Waals surface area contributed by atoms with E-state index in [-0.39, 0.29) is 10.6 Å². The topological polar surface area (TPSA) is 86.7 Å². The van der Waals surface area contributed by atoms with Gasteiger partial charge in [0.25, 0.3) is 0 Å². The highest BCUT2D eigenvalue weighted by atomic mass is 32.2. The second-order valence-electron chi connectivity index (χ2n) is 5.80. The summed E-state index contributed by atoms with van der Waals surface area (Å²) in [4.78, 5) is 11.2. The average Bonchev–Trinajstić information content (AvgIpc) is 2.69. The minimum atomic E-state index is -3.72. The van der Waals surface area contributed by atoms with Crippen LogP contribution in [0.4, 0.5) is 5.69 Å². The number of carboxylic acids is 1. The van der Waals surface area contributed by atoms with Crippen LogP contribution in [-0.4, -0.2) is 36.9 Å². The number of piperidine rings is 1. The summed E-state index contributed by atoms with van der Waals surface area (Å²) in [6, 6.07) is 0. The van der Waals surface area contributed by atoms with Gasteiger partial charge in [-0.25, -0.2) is 4.79 Å². The lowest BCUT2D eigenvalue weighted by Gasteiger charge is -2.34. The Morgan fingerprint density at radius 1 is 1.38 bits per heavy atom. The Morgan fingerprint density at radius 3 is 2.48 bits per heavy atom. The molecule has 0 spiro atoms. The normalized spacial score (nSPS) is 24.0. The Morgan fingerprint density at radius 2 is 1.95 bits per heavy atom. The monoisotopic (exact) mass is 332 g/mol. The zero-order valence-electron chi connectivity index (χ0n) is 12.3.